The molecule has 1 aliphatic rings. The lowest BCUT2D eigenvalue weighted by Crippen LogP contribution is -2.28. The maximum atomic E-state index is 4.37. The van der Waals surface area contributed by atoms with Crippen LogP contribution in [0.2, 0.25) is 0 Å². The number of benzene rings is 1. The molecule has 1 aromatic carbocycles. The summed E-state index contributed by atoms with van der Waals surface area (Å²) in [5.41, 5.74) is 2.65. The van der Waals surface area contributed by atoms with Gasteiger partial charge in [-0.25, -0.2) is 4.98 Å². The SMILES string of the molecule is c1ccc(C2CCCNC2)c(-c2ncc[nH]2)c1. The van der Waals surface area contributed by atoms with Gasteiger partial charge >= 0.3 is 0 Å². The van der Waals surface area contributed by atoms with Crippen molar-refractivity contribution in [1.82, 2.24) is 15.3 Å². The van der Waals surface area contributed by atoms with Crippen molar-refractivity contribution in [3.05, 3.63) is 42.2 Å². The summed E-state index contributed by atoms with van der Waals surface area (Å²) in [6, 6.07) is 8.59. The number of nitrogens with zero attached hydrogens (tertiary/aromatic N) is 1. The van der Waals surface area contributed by atoms with Gasteiger partial charge in [-0.3, -0.25) is 0 Å². The number of hydrogen-bond donors (Lipinski definition) is 2. The molecule has 1 aliphatic heterocycles. The van der Waals surface area contributed by atoms with Crippen LogP contribution in [0.3, 0.4) is 0 Å². The molecule has 0 bridgehead atoms. The predicted molar refractivity (Wildman–Crippen MR) is 68.9 cm³/mol. The van der Waals surface area contributed by atoms with Crippen LogP contribution in [0.5, 0.6) is 0 Å². The number of piperidine rings is 1. The molecule has 1 aromatic heterocycles. The highest BCUT2D eigenvalue weighted by Gasteiger charge is 2.18. The Bertz CT molecular complexity index is 470. The molecule has 1 saturated heterocycles. The van der Waals surface area contributed by atoms with E-state index in [0.717, 1.165) is 18.9 Å². The van der Waals surface area contributed by atoms with E-state index in [1.54, 1.807) is 0 Å². The van der Waals surface area contributed by atoms with Gasteiger partial charge in [-0.1, -0.05) is 24.3 Å². The second-order valence-electron chi connectivity index (χ2n) is 4.57. The highest BCUT2D eigenvalue weighted by atomic mass is 14.9. The van der Waals surface area contributed by atoms with Crippen LogP contribution in [0.25, 0.3) is 11.4 Å². The number of aromatic nitrogens is 2. The minimum absolute atomic E-state index is 0.616. The van der Waals surface area contributed by atoms with Crippen LogP contribution in [0.1, 0.15) is 24.3 Å². The van der Waals surface area contributed by atoms with Gasteiger partial charge in [0.05, 0.1) is 0 Å². The van der Waals surface area contributed by atoms with Crippen molar-refractivity contribution in [2.75, 3.05) is 13.1 Å². The van der Waals surface area contributed by atoms with Crippen molar-refractivity contribution in [2.24, 2.45) is 0 Å². The van der Waals surface area contributed by atoms with E-state index in [9.17, 15) is 0 Å². The lowest BCUT2D eigenvalue weighted by atomic mass is 9.88. The topological polar surface area (TPSA) is 40.7 Å². The van der Waals surface area contributed by atoms with E-state index in [-0.39, 0.29) is 0 Å². The Hall–Kier alpha value is -1.61. The molecule has 2 heterocycles. The Morgan fingerprint density at radius 3 is 2.94 bits per heavy atom. The summed E-state index contributed by atoms with van der Waals surface area (Å²) >= 11 is 0. The van der Waals surface area contributed by atoms with Crippen LogP contribution >= 0.6 is 0 Å². The van der Waals surface area contributed by atoms with Gasteiger partial charge in [-0.05, 0) is 30.9 Å². The molecule has 1 unspecified atom stereocenters. The van der Waals surface area contributed by atoms with Gasteiger partial charge in [0.25, 0.3) is 0 Å². The zero-order valence-electron chi connectivity index (χ0n) is 9.82. The summed E-state index contributed by atoms with van der Waals surface area (Å²) in [6.07, 6.45) is 6.22. The standard InChI is InChI=1S/C14H17N3/c1-2-6-13(14-16-8-9-17-14)12(5-1)11-4-3-7-15-10-11/h1-2,5-6,8-9,11,15H,3-4,7,10H2,(H,16,17). The van der Waals surface area contributed by atoms with Crippen LogP contribution in [0.4, 0.5) is 0 Å². The lowest BCUT2D eigenvalue weighted by molar-refractivity contribution is 0.462. The minimum Gasteiger partial charge on any atom is -0.345 e. The van der Waals surface area contributed by atoms with Gasteiger partial charge < -0.3 is 10.3 Å². The lowest BCUT2D eigenvalue weighted by Gasteiger charge is -2.24. The van der Waals surface area contributed by atoms with Crippen molar-refractivity contribution in [1.29, 1.82) is 0 Å². The summed E-state index contributed by atoms with van der Waals surface area (Å²) in [5.74, 6) is 1.59. The van der Waals surface area contributed by atoms with Crippen molar-refractivity contribution < 1.29 is 0 Å². The molecule has 88 valence electrons. The fourth-order valence-electron chi connectivity index (χ4n) is 2.60. The van der Waals surface area contributed by atoms with Crippen LogP contribution in [0, 0.1) is 0 Å². The Balaban J connectivity index is 1.98. The Morgan fingerprint density at radius 2 is 2.18 bits per heavy atom. The Labute approximate surface area is 101 Å². The van der Waals surface area contributed by atoms with Crippen molar-refractivity contribution in [3.8, 4) is 11.4 Å². The molecule has 0 aliphatic carbocycles. The number of nitrogens with one attached hydrogen (secondary N) is 2. The summed E-state index contributed by atoms with van der Waals surface area (Å²) in [5, 5.41) is 3.48. The quantitative estimate of drug-likeness (QED) is 0.827. The summed E-state index contributed by atoms with van der Waals surface area (Å²) < 4.78 is 0. The second kappa shape index (κ2) is 4.72. The van der Waals surface area contributed by atoms with Gasteiger partial charge in [0.15, 0.2) is 0 Å². The smallest absolute Gasteiger partial charge is 0.137 e. The van der Waals surface area contributed by atoms with Gasteiger partial charge in [-0.15, -0.1) is 0 Å². The molecule has 1 fully saturated rings. The molecule has 2 N–H and O–H groups in total. The largest absolute Gasteiger partial charge is 0.345 e. The van der Waals surface area contributed by atoms with Crippen LogP contribution < -0.4 is 5.32 Å². The molecule has 0 amide bonds. The monoisotopic (exact) mass is 227 g/mol. The maximum absolute atomic E-state index is 4.37. The first-order chi connectivity index (χ1) is 8.45. The average molecular weight is 227 g/mol. The fourth-order valence-corrected chi connectivity index (χ4v) is 2.60. The third-order valence-electron chi connectivity index (χ3n) is 3.45. The number of hydrogen-bond acceptors (Lipinski definition) is 2. The molecular formula is C14H17N3. The summed E-state index contributed by atoms with van der Waals surface area (Å²) in [4.78, 5) is 7.57. The van der Waals surface area contributed by atoms with Crippen LogP contribution in [-0.2, 0) is 0 Å². The Kier molecular flexibility index (Phi) is 2.92. The first-order valence-corrected chi connectivity index (χ1v) is 6.24. The first-order valence-electron chi connectivity index (χ1n) is 6.24. The molecule has 3 rings (SSSR count). The highest BCUT2D eigenvalue weighted by Crippen LogP contribution is 2.30. The third kappa shape index (κ3) is 2.11. The van der Waals surface area contributed by atoms with Gasteiger partial charge in [-0.2, -0.15) is 0 Å². The number of H-pyrrole nitrogens is 1. The highest BCUT2D eigenvalue weighted by molar-refractivity contribution is 5.61. The zero-order valence-corrected chi connectivity index (χ0v) is 9.82. The molecule has 0 radical (unpaired) electrons. The molecule has 1 atom stereocenters. The van der Waals surface area contributed by atoms with Gasteiger partial charge in [0, 0.05) is 24.5 Å². The van der Waals surface area contributed by atoms with Gasteiger partial charge in [0.1, 0.15) is 5.82 Å². The molecule has 0 spiro atoms. The van der Waals surface area contributed by atoms with Crippen LogP contribution in [0.15, 0.2) is 36.7 Å². The fraction of sp³-hybridized carbons (Fsp3) is 0.357. The average Bonchev–Trinajstić information content (AvgIpc) is 2.94. The first kappa shape index (κ1) is 10.5. The summed E-state index contributed by atoms with van der Waals surface area (Å²) in [6.45, 7) is 2.23. The molecule has 3 nitrogen and oxygen atoms in total. The zero-order chi connectivity index (χ0) is 11.5. The van der Waals surface area contributed by atoms with Crippen molar-refractivity contribution in [3.63, 3.8) is 0 Å². The van der Waals surface area contributed by atoms with E-state index < -0.39 is 0 Å². The molecule has 17 heavy (non-hydrogen) atoms. The van der Waals surface area contributed by atoms with E-state index in [0.29, 0.717) is 5.92 Å². The van der Waals surface area contributed by atoms with Gasteiger partial charge in [0.2, 0.25) is 0 Å². The normalized spacial score (nSPS) is 20.4. The van der Waals surface area contributed by atoms with E-state index in [1.165, 1.54) is 24.0 Å². The third-order valence-corrected chi connectivity index (χ3v) is 3.45. The number of aromatic amines is 1. The molecular weight excluding hydrogens is 210 g/mol. The molecule has 3 heteroatoms. The number of rotatable bonds is 2. The Morgan fingerprint density at radius 1 is 1.24 bits per heavy atom. The summed E-state index contributed by atoms with van der Waals surface area (Å²) in [7, 11) is 0. The maximum Gasteiger partial charge on any atom is 0.137 e. The molecule has 0 saturated carbocycles. The van der Waals surface area contributed by atoms with E-state index in [4.69, 9.17) is 0 Å². The van der Waals surface area contributed by atoms with E-state index in [2.05, 4.69) is 39.6 Å². The van der Waals surface area contributed by atoms with E-state index >= 15 is 0 Å². The molecule has 2 aromatic rings. The van der Waals surface area contributed by atoms with Crippen molar-refractivity contribution in [2.45, 2.75) is 18.8 Å². The van der Waals surface area contributed by atoms with Crippen molar-refractivity contribution >= 4 is 0 Å². The predicted octanol–water partition coefficient (Wildman–Crippen LogP) is 2.54. The second-order valence-corrected chi connectivity index (χ2v) is 4.57. The van der Waals surface area contributed by atoms with E-state index in [1.807, 2.05) is 12.4 Å². The number of imidazole rings is 1. The van der Waals surface area contributed by atoms with Crippen LogP contribution in [-0.4, -0.2) is 23.1 Å². The minimum atomic E-state index is 0.616.